The van der Waals surface area contributed by atoms with Crippen molar-refractivity contribution in [2.45, 2.75) is 31.7 Å². The Kier molecular flexibility index (Phi) is 4.11. The Labute approximate surface area is 121 Å². The van der Waals surface area contributed by atoms with Crippen molar-refractivity contribution in [3.63, 3.8) is 0 Å². The Hall–Kier alpha value is -0.570. The fourth-order valence-electron chi connectivity index (χ4n) is 3.62. The van der Waals surface area contributed by atoms with Crippen LogP contribution in [-0.4, -0.2) is 31.6 Å². The Bertz CT molecular complexity index is 440. The molecule has 1 aliphatic heterocycles. The van der Waals surface area contributed by atoms with Crippen molar-refractivity contribution >= 4 is 11.6 Å². The van der Waals surface area contributed by atoms with Gasteiger partial charge in [-0.25, -0.2) is 0 Å². The molecule has 2 aliphatic rings. The van der Waals surface area contributed by atoms with Crippen molar-refractivity contribution < 1.29 is 0 Å². The van der Waals surface area contributed by atoms with Crippen LogP contribution in [0.5, 0.6) is 0 Å². The van der Waals surface area contributed by atoms with E-state index in [-0.39, 0.29) is 0 Å². The van der Waals surface area contributed by atoms with Gasteiger partial charge in [0.2, 0.25) is 0 Å². The predicted molar refractivity (Wildman–Crippen MR) is 80.7 cm³/mol. The van der Waals surface area contributed by atoms with E-state index in [2.05, 4.69) is 29.4 Å². The Morgan fingerprint density at radius 3 is 2.84 bits per heavy atom. The number of nitrogens with zero attached hydrogens (tertiary/aromatic N) is 1. The van der Waals surface area contributed by atoms with E-state index in [1.54, 1.807) is 0 Å². The van der Waals surface area contributed by atoms with E-state index < -0.39 is 0 Å². The number of benzene rings is 1. The second-order valence-corrected chi connectivity index (χ2v) is 6.47. The molecule has 0 spiro atoms. The third-order valence-electron chi connectivity index (χ3n) is 4.69. The number of halogens is 1. The zero-order chi connectivity index (χ0) is 13.2. The highest BCUT2D eigenvalue weighted by atomic mass is 35.5. The standard InChI is InChI=1S/C16H23ClN2/c1-19(11-12-6-8-18-9-7-12)16-5-2-13-10-14(17)3-4-15(13)16/h3-4,10,12,16,18H,2,5-9,11H2,1H3. The van der Waals surface area contributed by atoms with Gasteiger partial charge in [-0.15, -0.1) is 0 Å². The van der Waals surface area contributed by atoms with Gasteiger partial charge < -0.3 is 5.32 Å². The molecule has 104 valence electrons. The molecule has 0 radical (unpaired) electrons. The van der Waals surface area contributed by atoms with E-state index in [9.17, 15) is 0 Å². The first-order valence-electron chi connectivity index (χ1n) is 7.43. The first-order valence-corrected chi connectivity index (χ1v) is 7.81. The van der Waals surface area contributed by atoms with Crippen molar-refractivity contribution in [1.82, 2.24) is 10.2 Å². The minimum Gasteiger partial charge on any atom is -0.317 e. The fraction of sp³-hybridized carbons (Fsp3) is 0.625. The molecule has 1 saturated heterocycles. The van der Waals surface area contributed by atoms with Crippen LogP contribution in [0.2, 0.25) is 5.02 Å². The van der Waals surface area contributed by atoms with Gasteiger partial charge in [-0.3, -0.25) is 4.90 Å². The Morgan fingerprint density at radius 2 is 2.05 bits per heavy atom. The Morgan fingerprint density at radius 1 is 1.26 bits per heavy atom. The molecule has 3 rings (SSSR count). The van der Waals surface area contributed by atoms with Gasteiger partial charge in [0.15, 0.2) is 0 Å². The number of rotatable bonds is 3. The zero-order valence-electron chi connectivity index (χ0n) is 11.7. The monoisotopic (exact) mass is 278 g/mol. The molecule has 1 heterocycles. The molecule has 19 heavy (non-hydrogen) atoms. The maximum Gasteiger partial charge on any atom is 0.0408 e. The summed E-state index contributed by atoms with van der Waals surface area (Å²) in [4.78, 5) is 2.57. The molecule has 0 bridgehead atoms. The van der Waals surface area contributed by atoms with Gasteiger partial charge in [-0.05, 0) is 75.0 Å². The normalized spacial score (nSPS) is 23.8. The third kappa shape index (κ3) is 2.96. The van der Waals surface area contributed by atoms with Gasteiger partial charge in [0.1, 0.15) is 0 Å². The maximum atomic E-state index is 6.09. The summed E-state index contributed by atoms with van der Waals surface area (Å²) in [7, 11) is 2.29. The number of nitrogens with one attached hydrogen (secondary N) is 1. The highest BCUT2D eigenvalue weighted by Gasteiger charge is 2.27. The minimum atomic E-state index is 0.599. The quantitative estimate of drug-likeness (QED) is 0.913. The molecule has 3 heteroatoms. The third-order valence-corrected chi connectivity index (χ3v) is 4.92. The van der Waals surface area contributed by atoms with Crippen LogP contribution in [0.15, 0.2) is 18.2 Å². The lowest BCUT2D eigenvalue weighted by molar-refractivity contribution is 0.186. The first-order chi connectivity index (χ1) is 9.24. The van der Waals surface area contributed by atoms with Crippen LogP contribution in [0.4, 0.5) is 0 Å². The van der Waals surface area contributed by atoms with E-state index in [1.807, 2.05) is 6.07 Å². The highest BCUT2D eigenvalue weighted by Crippen LogP contribution is 2.36. The lowest BCUT2D eigenvalue weighted by atomic mass is 9.96. The molecule has 1 N–H and O–H groups in total. The van der Waals surface area contributed by atoms with Gasteiger partial charge in [0.25, 0.3) is 0 Å². The number of aryl methyl sites for hydroxylation is 1. The fourth-order valence-corrected chi connectivity index (χ4v) is 3.81. The maximum absolute atomic E-state index is 6.09. The van der Waals surface area contributed by atoms with Crippen LogP contribution in [0.3, 0.4) is 0 Å². The predicted octanol–water partition coefficient (Wildman–Crippen LogP) is 3.26. The second kappa shape index (κ2) is 5.82. The average Bonchev–Trinajstić information content (AvgIpc) is 2.82. The van der Waals surface area contributed by atoms with Crippen LogP contribution in [-0.2, 0) is 6.42 Å². The Balaban J connectivity index is 1.67. The highest BCUT2D eigenvalue weighted by molar-refractivity contribution is 6.30. The van der Waals surface area contributed by atoms with E-state index in [0.717, 1.165) is 10.9 Å². The topological polar surface area (TPSA) is 15.3 Å². The van der Waals surface area contributed by atoms with Crippen molar-refractivity contribution in [2.24, 2.45) is 5.92 Å². The molecule has 1 unspecified atom stereocenters. The van der Waals surface area contributed by atoms with Crippen LogP contribution in [0.1, 0.15) is 36.4 Å². The van der Waals surface area contributed by atoms with Crippen LogP contribution < -0.4 is 5.32 Å². The summed E-state index contributed by atoms with van der Waals surface area (Å²) in [6.45, 7) is 3.61. The van der Waals surface area contributed by atoms with E-state index in [1.165, 1.54) is 56.4 Å². The van der Waals surface area contributed by atoms with Crippen LogP contribution >= 0.6 is 11.6 Å². The summed E-state index contributed by atoms with van der Waals surface area (Å²) in [6, 6.07) is 7.02. The van der Waals surface area contributed by atoms with Crippen molar-refractivity contribution in [3.05, 3.63) is 34.3 Å². The van der Waals surface area contributed by atoms with Crippen LogP contribution in [0.25, 0.3) is 0 Å². The van der Waals surface area contributed by atoms with Gasteiger partial charge in [0.05, 0.1) is 0 Å². The number of piperidine rings is 1. The summed E-state index contributed by atoms with van der Waals surface area (Å²) < 4.78 is 0. The first kappa shape index (κ1) is 13.4. The average molecular weight is 279 g/mol. The zero-order valence-corrected chi connectivity index (χ0v) is 12.4. The minimum absolute atomic E-state index is 0.599. The molecule has 1 aromatic rings. The second-order valence-electron chi connectivity index (χ2n) is 6.03. The van der Waals surface area contributed by atoms with Gasteiger partial charge in [0, 0.05) is 17.6 Å². The van der Waals surface area contributed by atoms with E-state index in [4.69, 9.17) is 11.6 Å². The molecule has 0 aromatic heterocycles. The molecule has 0 amide bonds. The molecule has 1 aromatic carbocycles. The van der Waals surface area contributed by atoms with Crippen LogP contribution in [0, 0.1) is 5.92 Å². The smallest absolute Gasteiger partial charge is 0.0408 e. The van der Waals surface area contributed by atoms with E-state index >= 15 is 0 Å². The molecule has 1 aliphatic carbocycles. The summed E-state index contributed by atoms with van der Waals surface area (Å²) >= 11 is 6.09. The number of hydrogen-bond acceptors (Lipinski definition) is 2. The van der Waals surface area contributed by atoms with Crippen molar-refractivity contribution in [3.8, 4) is 0 Å². The summed E-state index contributed by atoms with van der Waals surface area (Å²) in [5, 5.41) is 4.32. The van der Waals surface area contributed by atoms with E-state index in [0.29, 0.717) is 6.04 Å². The lowest BCUT2D eigenvalue weighted by Crippen LogP contribution is -2.35. The van der Waals surface area contributed by atoms with Gasteiger partial charge in [-0.1, -0.05) is 17.7 Å². The van der Waals surface area contributed by atoms with Gasteiger partial charge in [-0.2, -0.15) is 0 Å². The summed E-state index contributed by atoms with van der Waals surface area (Å²) in [6.07, 6.45) is 5.07. The van der Waals surface area contributed by atoms with Gasteiger partial charge >= 0.3 is 0 Å². The molecule has 1 fully saturated rings. The van der Waals surface area contributed by atoms with Crippen molar-refractivity contribution in [2.75, 3.05) is 26.7 Å². The van der Waals surface area contributed by atoms with Crippen molar-refractivity contribution in [1.29, 1.82) is 0 Å². The lowest BCUT2D eigenvalue weighted by Gasteiger charge is -2.31. The summed E-state index contributed by atoms with van der Waals surface area (Å²) in [5.74, 6) is 0.864. The molecule has 0 saturated carbocycles. The number of hydrogen-bond donors (Lipinski definition) is 1. The molecule has 2 nitrogen and oxygen atoms in total. The molecular formula is C16H23ClN2. The SMILES string of the molecule is CN(CC1CCNCC1)C1CCc2cc(Cl)ccc21. The number of fused-ring (bicyclic) bond motifs is 1. The summed E-state index contributed by atoms with van der Waals surface area (Å²) in [5.41, 5.74) is 2.95. The largest absolute Gasteiger partial charge is 0.317 e. The molecular weight excluding hydrogens is 256 g/mol. The molecule has 1 atom stereocenters.